The first kappa shape index (κ1) is 39.3. The molecule has 4 aliphatic rings. The zero-order valence-corrected chi connectivity index (χ0v) is 37.4. The van der Waals surface area contributed by atoms with Gasteiger partial charge in [-0.3, -0.25) is 0 Å². The molecule has 0 bridgehead atoms. The van der Waals surface area contributed by atoms with Gasteiger partial charge in [-0.25, -0.2) is 0 Å². The Bertz CT molecular complexity index is 1760. The van der Waals surface area contributed by atoms with Crippen molar-refractivity contribution in [2.75, 3.05) is 0 Å². The van der Waals surface area contributed by atoms with Crippen molar-refractivity contribution in [2.24, 2.45) is 40.9 Å². The Hall–Kier alpha value is -2.38. The highest BCUT2D eigenvalue weighted by Gasteiger charge is 2.58. The summed E-state index contributed by atoms with van der Waals surface area (Å²) in [4.78, 5) is 0. The summed E-state index contributed by atoms with van der Waals surface area (Å²) < 4.78 is 0. The highest BCUT2D eigenvalue weighted by Crippen LogP contribution is 2.66. The zero-order valence-electron chi connectivity index (χ0n) is 36.4. The maximum Gasteiger partial charge on any atom is 0.0553 e. The molecule has 2 aromatic rings. The van der Waals surface area contributed by atoms with Gasteiger partial charge in [-0.15, -0.1) is 0 Å². The first-order chi connectivity index (χ1) is 23.8. The maximum absolute atomic E-state index is 2.85. The number of fused-ring (bicyclic) bond motifs is 2. The fourth-order valence-electron chi connectivity index (χ4n) is 12.0. The van der Waals surface area contributed by atoms with Gasteiger partial charge in [0.15, 0.2) is 0 Å². The van der Waals surface area contributed by atoms with Crippen LogP contribution < -0.4 is 0 Å². The highest BCUT2D eigenvalue weighted by molar-refractivity contribution is 6.80. The molecule has 0 aliphatic heterocycles. The number of hydrogen-bond acceptors (Lipinski definition) is 0. The minimum atomic E-state index is -1.81. The van der Waals surface area contributed by atoms with Gasteiger partial charge in [0.1, 0.15) is 0 Å². The van der Waals surface area contributed by atoms with E-state index in [-0.39, 0.29) is 21.7 Å². The van der Waals surface area contributed by atoms with E-state index in [4.69, 9.17) is 0 Å². The minimum Gasteiger partial charge on any atom is -0.0808 e. The topological polar surface area (TPSA) is 0 Å². The molecule has 0 saturated heterocycles. The van der Waals surface area contributed by atoms with Gasteiger partial charge in [-0.05, 0) is 138 Å². The summed E-state index contributed by atoms with van der Waals surface area (Å²) in [7, 11) is -1.81. The first-order valence-corrected chi connectivity index (χ1v) is 24.1. The van der Waals surface area contributed by atoms with Crippen LogP contribution >= 0.6 is 0 Å². The van der Waals surface area contributed by atoms with Gasteiger partial charge in [0.05, 0.1) is 8.07 Å². The second-order valence-electron chi connectivity index (χ2n) is 22.7. The molecule has 8 unspecified atom stereocenters. The quantitative estimate of drug-likeness (QED) is 0.277. The molecular formula is C51H74Si. The fraction of sp³-hybridized carbons (Fsp3) is 0.608. The van der Waals surface area contributed by atoms with Gasteiger partial charge in [0.25, 0.3) is 0 Å². The number of allylic oxidation sites excluding steroid dienone is 8. The summed E-state index contributed by atoms with van der Waals surface area (Å²) in [6.07, 6.45) is 13.0. The van der Waals surface area contributed by atoms with Crippen molar-refractivity contribution in [2.45, 2.75) is 157 Å². The van der Waals surface area contributed by atoms with Crippen LogP contribution in [-0.4, -0.2) is 8.07 Å². The van der Waals surface area contributed by atoms with Crippen molar-refractivity contribution >= 4 is 19.2 Å². The second kappa shape index (κ2) is 13.1. The van der Waals surface area contributed by atoms with E-state index in [9.17, 15) is 0 Å². The molecule has 0 spiro atoms. The van der Waals surface area contributed by atoms with Crippen molar-refractivity contribution < 1.29 is 0 Å². The predicted octanol–water partition coefficient (Wildman–Crippen LogP) is 15.0. The molecular weight excluding hydrogens is 641 g/mol. The van der Waals surface area contributed by atoms with Crippen LogP contribution in [0.2, 0.25) is 24.2 Å². The standard InChI is InChI=1S/C51H74Si/c1-31-25-41-39(34-21-23-36(24-22-34)48(4,5)6)19-18-20-40(41)46(31)52(16,17)47-32(2)26-42-43(47)30-44(51(13,14)15)33(3)45(42)35-27-37(49(7,8)9)29-38(28-35)50(10,11)12/h18-24,27-32,40-43,46-47H,25-26H2,1-17H3. The van der Waals surface area contributed by atoms with Crippen LogP contribution in [0, 0.1) is 40.9 Å². The summed E-state index contributed by atoms with van der Waals surface area (Å²) in [6.45, 7) is 42.1. The van der Waals surface area contributed by atoms with Crippen molar-refractivity contribution in [3.05, 3.63) is 106 Å². The first-order valence-electron chi connectivity index (χ1n) is 20.9. The van der Waals surface area contributed by atoms with Crippen molar-refractivity contribution in [3.8, 4) is 0 Å². The second-order valence-corrected chi connectivity index (χ2v) is 27.6. The number of hydrogen-bond donors (Lipinski definition) is 0. The van der Waals surface area contributed by atoms with E-state index >= 15 is 0 Å². The summed E-state index contributed by atoms with van der Waals surface area (Å²) in [5, 5.41) is 0. The molecule has 8 atom stereocenters. The normalized spacial score (nSPS) is 29.9. The molecule has 2 aromatic carbocycles. The molecule has 0 heterocycles. The van der Waals surface area contributed by atoms with E-state index < -0.39 is 8.07 Å². The van der Waals surface area contributed by atoms with E-state index in [1.165, 1.54) is 40.7 Å². The molecule has 0 radical (unpaired) electrons. The van der Waals surface area contributed by atoms with Crippen molar-refractivity contribution in [1.82, 2.24) is 0 Å². The van der Waals surface area contributed by atoms with Crippen LogP contribution in [0.3, 0.4) is 0 Å². The molecule has 0 aromatic heterocycles. The summed E-state index contributed by atoms with van der Waals surface area (Å²) in [5.41, 5.74) is 15.8. The fourth-order valence-corrected chi connectivity index (χ4v) is 18.3. The van der Waals surface area contributed by atoms with Crippen LogP contribution in [0.5, 0.6) is 0 Å². The lowest BCUT2D eigenvalue weighted by molar-refractivity contribution is 0.465. The molecule has 52 heavy (non-hydrogen) atoms. The van der Waals surface area contributed by atoms with Crippen LogP contribution in [-0.2, 0) is 16.2 Å². The molecule has 0 amide bonds. The Labute approximate surface area is 321 Å². The third kappa shape index (κ3) is 7.00. The summed E-state index contributed by atoms with van der Waals surface area (Å²) in [6, 6.07) is 17.3. The molecule has 6 rings (SSSR count). The molecule has 0 nitrogen and oxygen atoms in total. The van der Waals surface area contributed by atoms with E-state index in [1.54, 1.807) is 22.3 Å². The van der Waals surface area contributed by atoms with Gasteiger partial charge in [0, 0.05) is 0 Å². The molecule has 4 aliphatic carbocycles. The lowest BCUT2D eigenvalue weighted by atomic mass is 9.68. The highest BCUT2D eigenvalue weighted by atomic mass is 28.3. The largest absolute Gasteiger partial charge is 0.0808 e. The zero-order chi connectivity index (χ0) is 38.5. The van der Waals surface area contributed by atoms with Gasteiger partial charge < -0.3 is 0 Å². The number of benzene rings is 2. The summed E-state index contributed by atoms with van der Waals surface area (Å²) >= 11 is 0. The van der Waals surface area contributed by atoms with Crippen molar-refractivity contribution in [1.29, 1.82) is 0 Å². The Kier molecular flexibility index (Phi) is 9.93. The van der Waals surface area contributed by atoms with Crippen LogP contribution in [0.4, 0.5) is 0 Å². The van der Waals surface area contributed by atoms with E-state index in [0.29, 0.717) is 23.7 Å². The van der Waals surface area contributed by atoms with Crippen LogP contribution in [0.15, 0.2) is 77.9 Å². The van der Waals surface area contributed by atoms with Crippen LogP contribution in [0.25, 0.3) is 11.1 Å². The third-order valence-corrected chi connectivity index (χ3v) is 19.7. The van der Waals surface area contributed by atoms with Crippen molar-refractivity contribution in [3.63, 3.8) is 0 Å². The minimum absolute atomic E-state index is 0.103. The lowest BCUT2D eigenvalue weighted by Gasteiger charge is -2.47. The Morgan fingerprint density at radius 1 is 0.577 bits per heavy atom. The molecule has 2 fully saturated rings. The molecule has 0 N–H and O–H groups in total. The third-order valence-electron chi connectivity index (χ3n) is 14.4. The monoisotopic (exact) mass is 715 g/mol. The average molecular weight is 715 g/mol. The van der Waals surface area contributed by atoms with Gasteiger partial charge >= 0.3 is 0 Å². The Morgan fingerprint density at radius 2 is 1.08 bits per heavy atom. The van der Waals surface area contributed by atoms with E-state index in [1.807, 2.05) is 0 Å². The smallest absolute Gasteiger partial charge is 0.0553 e. The summed E-state index contributed by atoms with van der Waals surface area (Å²) in [5.74, 6) is 3.94. The molecule has 282 valence electrons. The maximum atomic E-state index is 2.85. The average Bonchev–Trinajstić information content (AvgIpc) is 3.54. The Balaban J connectivity index is 1.41. The van der Waals surface area contributed by atoms with Gasteiger partial charge in [-0.2, -0.15) is 0 Å². The van der Waals surface area contributed by atoms with E-state index in [0.717, 1.165) is 22.9 Å². The molecule has 1 heteroatoms. The van der Waals surface area contributed by atoms with Gasteiger partial charge in [0.2, 0.25) is 0 Å². The predicted molar refractivity (Wildman–Crippen MR) is 233 cm³/mol. The SMILES string of the molecule is CC1=C(c2cc(C(C)(C)C)cc(C(C)(C)C)c2)C2CC(C)C([Si](C)(C)C3C(C)CC4C(c5ccc(C(C)(C)C)cc5)=CC=CC43)C2C=C1C(C)(C)C. The van der Waals surface area contributed by atoms with Gasteiger partial charge in [-0.1, -0.05) is 177 Å². The Morgan fingerprint density at radius 3 is 1.58 bits per heavy atom. The molecule has 2 saturated carbocycles. The van der Waals surface area contributed by atoms with Crippen LogP contribution in [0.1, 0.15) is 145 Å². The van der Waals surface area contributed by atoms with E-state index in [2.05, 4.69) is 184 Å². The lowest BCUT2D eigenvalue weighted by Crippen LogP contribution is -2.46. The number of rotatable bonds is 4.